The average Bonchev–Trinajstić information content (AvgIpc) is 3.27. The van der Waals surface area contributed by atoms with E-state index in [0.29, 0.717) is 18.3 Å². The van der Waals surface area contributed by atoms with Crippen LogP contribution in [0.3, 0.4) is 0 Å². The molecule has 0 unspecified atom stereocenters. The van der Waals surface area contributed by atoms with Gasteiger partial charge in [-0.05, 0) is 55.7 Å². The second kappa shape index (κ2) is 7.35. The number of rotatable bonds is 5. The van der Waals surface area contributed by atoms with Crippen LogP contribution in [0.4, 0.5) is 11.8 Å². The van der Waals surface area contributed by atoms with Gasteiger partial charge in [-0.25, -0.2) is 9.98 Å². The standard InChI is InChI=1S/C22H20N4O3/c1-14-5-4-6-17(9-14)13-25-20-11-16(3)15(2)10-19(20)24-22(25)23-12-18-7-8-21(29-18)26(27)28/h4-12H,13H2,1-3H3/b23-12+. The van der Waals surface area contributed by atoms with Crippen molar-refractivity contribution in [2.45, 2.75) is 27.3 Å². The molecular weight excluding hydrogens is 368 g/mol. The molecule has 4 aromatic rings. The maximum absolute atomic E-state index is 10.8. The molecule has 2 heterocycles. The number of aryl methyl sites for hydroxylation is 3. The maximum atomic E-state index is 10.8. The quantitative estimate of drug-likeness (QED) is 0.265. The summed E-state index contributed by atoms with van der Waals surface area (Å²) in [6, 6.07) is 15.3. The van der Waals surface area contributed by atoms with Gasteiger partial charge in [-0.15, -0.1) is 0 Å². The van der Waals surface area contributed by atoms with Gasteiger partial charge in [0.2, 0.25) is 5.95 Å². The number of fused-ring (bicyclic) bond motifs is 1. The summed E-state index contributed by atoms with van der Waals surface area (Å²) in [6.45, 7) is 6.81. The van der Waals surface area contributed by atoms with Crippen LogP contribution in [-0.2, 0) is 6.54 Å². The van der Waals surface area contributed by atoms with E-state index in [1.165, 1.54) is 29.5 Å². The van der Waals surface area contributed by atoms with Gasteiger partial charge in [0.25, 0.3) is 0 Å². The highest BCUT2D eigenvalue weighted by atomic mass is 16.6. The fourth-order valence-electron chi connectivity index (χ4n) is 3.25. The molecule has 0 N–H and O–H groups in total. The van der Waals surface area contributed by atoms with Crippen molar-refractivity contribution in [3.63, 3.8) is 0 Å². The van der Waals surface area contributed by atoms with Crippen LogP contribution in [0.15, 0.2) is 57.9 Å². The Balaban J connectivity index is 1.78. The molecule has 0 saturated carbocycles. The first-order valence-electron chi connectivity index (χ1n) is 9.22. The molecule has 29 heavy (non-hydrogen) atoms. The normalized spacial score (nSPS) is 11.6. The largest absolute Gasteiger partial charge is 0.433 e. The SMILES string of the molecule is Cc1cccc(Cn2c(/N=C/c3ccc([N+](=O)[O-])o3)nc3cc(C)c(C)cc32)c1. The molecule has 146 valence electrons. The first kappa shape index (κ1) is 18.6. The van der Waals surface area contributed by atoms with Crippen LogP contribution in [-0.4, -0.2) is 20.7 Å². The molecule has 0 bridgehead atoms. The predicted octanol–water partition coefficient (Wildman–Crippen LogP) is 5.26. The average molecular weight is 388 g/mol. The van der Waals surface area contributed by atoms with Crippen LogP contribution < -0.4 is 0 Å². The van der Waals surface area contributed by atoms with Crippen molar-refractivity contribution in [2.24, 2.45) is 4.99 Å². The predicted molar refractivity (Wildman–Crippen MR) is 112 cm³/mol. The van der Waals surface area contributed by atoms with Crippen molar-refractivity contribution < 1.29 is 9.34 Å². The number of nitro groups is 1. The Bertz CT molecular complexity index is 1250. The van der Waals surface area contributed by atoms with E-state index in [9.17, 15) is 10.1 Å². The van der Waals surface area contributed by atoms with E-state index < -0.39 is 4.92 Å². The zero-order chi connectivity index (χ0) is 20.5. The highest BCUT2D eigenvalue weighted by Gasteiger charge is 2.14. The van der Waals surface area contributed by atoms with Crippen LogP contribution in [0.5, 0.6) is 0 Å². The van der Waals surface area contributed by atoms with Crippen molar-refractivity contribution in [1.82, 2.24) is 9.55 Å². The van der Waals surface area contributed by atoms with Gasteiger partial charge in [0, 0.05) is 0 Å². The minimum atomic E-state index is -0.574. The summed E-state index contributed by atoms with van der Waals surface area (Å²) < 4.78 is 7.21. The highest BCUT2D eigenvalue weighted by Crippen LogP contribution is 2.26. The molecule has 4 rings (SSSR count). The summed E-state index contributed by atoms with van der Waals surface area (Å²) >= 11 is 0. The Morgan fingerprint density at radius 1 is 1.14 bits per heavy atom. The van der Waals surface area contributed by atoms with Gasteiger partial charge in [-0.1, -0.05) is 29.8 Å². The molecular formula is C22H20N4O3. The Kier molecular flexibility index (Phi) is 4.72. The number of aromatic nitrogens is 2. The molecule has 0 aliphatic rings. The summed E-state index contributed by atoms with van der Waals surface area (Å²) in [4.78, 5) is 19.4. The van der Waals surface area contributed by atoms with E-state index in [-0.39, 0.29) is 5.88 Å². The van der Waals surface area contributed by atoms with Gasteiger partial charge in [-0.3, -0.25) is 10.1 Å². The van der Waals surface area contributed by atoms with Crippen molar-refractivity contribution in [2.75, 3.05) is 0 Å². The highest BCUT2D eigenvalue weighted by molar-refractivity contribution is 5.83. The van der Waals surface area contributed by atoms with Crippen molar-refractivity contribution in [3.05, 3.63) is 86.7 Å². The lowest BCUT2D eigenvalue weighted by atomic mass is 10.1. The summed E-state index contributed by atoms with van der Waals surface area (Å²) in [6.07, 6.45) is 1.46. The third-order valence-corrected chi connectivity index (χ3v) is 4.87. The zero-order valence-electron chi connectivity index (χ0n) is 16.4. The van der Waals surface area contributed by atoms with Gasteiger partial charge in [0.1, 0.15) is 4.92 Å². The molecule has 2 aromatic heterocycles. The molecule has 0 amide bonds. The zero-order valence-corrected chi connectivity index (χ0v) is 16.4. The van der Waals surface area contributed by atoms with E-state index in [1.807, 2.05) is 16.7 Å². The van der Waals surface area contributed by atoms with Gasteiger partial charge in [0.15, 0.2) is 5.76 Å². The molecule has 0 fully saturated rings. The second-order valence-electron chi connectivity index (χ2n) is 7.10. The lowest BCUT2D eigenvalue weighted by molar-refractivity contribution is -0.402. The number of hydrogen-bond acceptors (Lipinski definition) is 5. The van der Waals surface area contributed by atoms with Crippen LogP contribution in [0.1, 0.15) is 28.0 Å². The van der Waals surface area contributed by atoms with Crippen LogP contribution in [0, 0.1) is 30.9 Å². The van der Waals surface area contributed by atoms with Gasteiger partial charge in [0.05, 0.1) is 29.9 Å². The number of nitrogens with zero attached hydrogens (tertiary/aromatic N) is 4. The number of aliphatic imine (C=N–C) groups is 1. The summed E-state index contributed by atoms with van der Waals surface area (Å²) in [5, 5.41) is 10.8. The summed E-state index contributed by atoms with van der Waals surface area (Å²) in [5.74, 6) is 0.509. The summed E-state index contributed by atoms with van der Waals surface area (Å²) in [5.41, 5.74) is 6.53. The van der Waals surface area contributed by atoms with Gasteiger partial charge in [-0.2, -0.15) is 0 Å². The van der Waals surface area contributed by atoms with E-state index in [2.05, 4.69) is 55.0 Å². The van der Waals surface area contributed by atoms with Crippen LogP contribution in [0.25, 0.3) is 11.0 Å². The third kappa shape index (κ3) is 3.80. The summed E-state index contributed by atoms with van der Waals surface area (Å²) in [7, 11) is 0. The molecule has 0 radical (unpaired) electrons. The molecule has 0 atom stereocenters. The first-order chi connectivity index (χ1) is 13.9. The van der Waals surface area contributed by atoms with E-state index in [0.717, 1.165) is 22.2 Å². The number of furan rings is 1. The van der Waals surface area contributed by atoms with Crippen molar-refractivity contribution in [3.8, 4) is 0 Å². The van der Waals surface area contributed by atoms with Crippen molar-refractivity contribution in [1.29, 1.82) is 0 Å². The number of imidazole rings is 1. The number of hydrogen-bond donors (Lipinski definition) is 0. The Hall–Kier alpha value is -3.74. The fraction of sp³-hybridized carbons (Fsp3) is 0.182. The Morgan fingerprint density at radius 2 is 1.93 bits per heavy atom. The smallest absolute Gasteiger partial charge is 0.400 e. The molecule has 0 aliphatic heterocycles. The molecule has 0 spiro atoms. The van der Waals surface area contributed by atoms with Crippen molar-refractivity contribution >= 4 is 29.1 Å². The van der Waals surface area contributed by atoms with Crippen LogP contribution in [0.2, 0.25) is 0 Å². The first-order valence-corrected chi connectivity index (χ1v) is 9.22. The Morgan fingerprint density at radius 3 is 2.66 bits per heavy atom. The van der Waals surface area contributed by atoms with E-state index in [4.69, 9.17) is 4.42 Å². The fourth-order valence-corrected chi connectivity index (χ4v) is 3.25. The monoisotopic (exact) mass is 388 g/mol. The van der Waals surface area contributed by atoms with E-state index in [1.54, 1.807) is 0 Å². The molecule has 0 aliphatic carbocycles. The molecule has 7 nitrogen and oxygen atoms in total. The minimum Gasteiger partial charge on any atom is -0.400 e. The topological polar surface area (TPSA) is 86.5 Å². The lowest BCUT2D eigenvalue weighted by Gasteiger charge is -2.08. The Labute approximate surface area is 167 Å². The molecule has 7 heteroatoms. The second-order valence-corrected chi connectivity index (χ2v) is 7.10. The minimum absolute atomic E-state index is 0.304. The lowest BCUT2D eigenvalue weighted by Crippen LogP contribution is -2.00. The number of benzene rings is 2. The molecule has 2 aromatic carbocycles. The van der Waals surface area contributed by atoms with Crippen LogP contribution >= 0.6 is 0 Å². The molecule has 0 saturated heterocycles. The maximum Gasteiger partial charge on any atom is 0.433 e. The van der Waals surface area contributed by atoms with E-state index >= 15 is 0 Å². The third-order valence-electron chi connectivity index (χ3n) is 4.87. The van der Waals surface area contributed by atoms with Gasteiger partial charge < -0.3 is 8.98 Å². The van der Waals surface area contributed by atoms with Gasteiger partial charge >= 0.3 is 5.88 Å².